The van der Waals surface area contributed by atoms with Crippen LogP contribution in [0.15, 0.2) is 12.1 Å². The summed E-state index contributed by atoms with van der Waals surface area (Å²) in [4.78, 5) is 15.3. The van der Waals surface area contributed by atoms with Gasteiger partial charge in [0.2, 0.25) is 0 Å². The number of aromatic nitrogens is 1. The molecule has 0 aliphatic heterocycles. The summed E-state index contributed by atoms with van der Waals surface area (Å²) in [5.41, 5.74) is 0.839. The maximum Gasteiger partial charge on any atom is 0.337 e. The van der Waals surface area contributed by atoms with Crippen LogP contribution < -0.4 is 5.32 Å². The van der Waals surface area contributed by atoms with Crippen molar-refractivity contribution >= 4 is 23.5 Å². The number of pyridine rings is 1. The van der Waals surface area contributed by atoms with E-state index in [1.807, 2.05) is 11.8 Å². The number of thioether (sulfide) groups is 1. The second kappa shape index (κ2) is 6.28. The van der Waals surface area contributed by atoms with Crippen molar-refractivity contribution in [1.29, 1.82) is 0 Å². The number of hydrogen-bond donors (Lipinski definition) is 2. The van der Waals surface area contributed by atoms with Crippen molar-refractivity contribution < 1.29 is 9.90 Å². The third kappa shape index (κ3) is 3.41. The van der Waals surface area contributed by atoms with E-state index >= 15 is 0 Å². The van der Waals surface area contributed by atoms with Gasteiger partial charge >= 0.3 is 5.97 Å². The molecule has 1 aromatic heterocycles. The number of aromatic carboxylic acids is 1. The molecule has 0 spiro atoms. The highest BCUT2D eigenvalue weighted by atomic mass is 32.2. The van der Waals surface area contributed by atoms with E-state index < -0.39 is 5.97 Å². The van der Waals surface area contributed by atoms with E-state index in [0.29, 0.717) is 17.0 Å². The highest BCUT2D eigenvalue weighted by Crippen LogP contribution is 2.31. The van der Waals surface area contributed by atoms with Crippen LogP contribution in [-0.2, 0) is 0 Å². The second-order valence-electron chi connectivity index (χ2n) is 4.81. The predicted octanol–water partition coefficient (Wildman–Crippen LogP) is 3.17. The van der Waals surface area contributed by atoms with Crippen molar-refractivity contribution in [3.05, 3.63) is 23.4 Å². The molecule has 1 aliphatic carbocycles. The molecule has 1 saturated carbocycles. The lowest BCUT2D eigenvalue weighted by Gasteiger charge is -2.21. The van der Waals surface area contributed by atoms with Crippen LogP contribution in [-0.4, -0.2) is 33.1 Å². The topological polar surface area (TPSA) is 62.2 Å². The summed E-state index contributed by atoms with van der Waals surface area (Å²) in [5.74, 6) is 1.00. The summed E-state index contributed by atoms with van der Waals surface area (Å²) < 4.78 is 0. The lowest BCUT2D eigenvalue weighted by atomic mass is 10.2. The second-order valence-corrected chi connectivity index (χ2v) is 6.33. The molecule has 1 fully saturated rings. The first-order chi connectivity index (χ1) is 9.11. The van der Waals surface area contributed by atoms with Gasteiger partial charge in [0.25, 0.3) is 0 Å². The van der Waals surface area contributed by atoms with Gasteiger partial charge in [-0.1, -0.05) is 13.3 Å². The Labute approximate surface area is 118 Å². The fraction of sp³-hybridized carbons (Fsp3) is 0.571. The Kier molecular flexibility index (Phi) is 4.69. The molecule has 1 aromatic rings. The molecule has 104 valence electrons. The van der Waals surface area contributed by atoms with Crippen LogP contribution in [0.25, 0.3) is 0 Å². The predicted molar refractivity (Wildman–Crippen MR) is 79.1 cm³/mol. The van der Waals surface area contributed by atoms with Gasteiger partial charge in [-0.25, -0.2) is 9.78 Å². The fourth-order valence-corrected chi connectivity index (χ4v) is 3.76. The van der Waals surface area contributed by atoms with Crippen LogP contribution in [0, 0.1) is 6.92 Å². The van der Waals surface area contributed by atoms with Crippen molar-refractivity contribution in [2.45, 2.75) is 44.4 Å². The molecule has 4 nitrogen and oxygen atoms in total. The van der Waals surface area contributed by atoms with Gasteiger partial charge < -0.3 is 10.4 Å². The van der Waals surface area contributed by atoms with E-state index in [1.54, 1.807) is 19.1 Å². The first-order valence-corrected chi connectivity index (χ1v) is 7.75. The average molecular weight is 280 g/mol. The minimum Gasteiger partial charge on any atom is -0.478 e. The quantitative estimate of drug-likeness (QED) is 0.867. The molecule has 19 heavy (non-hydrogen) atoms. The number of nitrogens with one attached hydrogen (secondary N) is 1. The lowest BCUT2D eigenvalue weighted by molar-refractivity contribution is 0.0695. The number of nitrogens with zero attached hydrogens (tertiary/aromatic N) is 1. The van der Waals surface area contributed by atoms with Gasteiger partial charge in [-0.3, -0.25) is 0 Å². The number of hydrogen-bond acceptors (Lipinski definition) is 4. The van der Waals surface area contributed by atoms with Crippen LogP contribution in [0.5, 0.6) is 0 Å². The zero-order chi connectivity index (χ0) is 13.8. The number of carboxylic acids is 1. The molecular formula is C14H20N2O2S. The van der Waals surface area contributed by atoms with Crippen LogP contribution in [0.4, 0.5) is 5.82 Å². The molecule has 2 rings (SSSR count). The summed E-state index contributed by atoms with van der Waals surface area (Å²) in [6.45, 7) is 3.92. The molecule has 2 atom stereocenters. The number of rotatable bonds is 5. The van der Waals surface area contributed by atoms with Crippen LogP contribution in [0.2, 0.25) is 0 Å². The maximum atomic E-state index is 11.0. The Morgan fingerprint density at radius 1 is 1.53 bits per heavy atom. The molecule has 5 heteroatoms. The van der Waals surface area contributed by atoms with Crippen molar-refractivity contribution in [3.63, 3.8) is 0 Å². The molecular weight excluding hydrogens is 260 g/mol. The molecule has 0 amide bonds. The number of anilines is 1. The molecule has 1 aliphatic rings. The van der Waals surface area contributed by atoms with Crippen molar-refractivity contribution in [3.8, 4) is 0 Å². The number of aryl methyl sites for hydroxylation is 1. The molecule has 2 N–H and O–H groups in total. The summed E-state index contributed by atoms with van der Waals surface area (Å²) in [5, 5.41) is 13.1. The van der Waals surface area contributed by atoms with Gasteiger partial charge in [0, 0.05) is 11.3 Å². The normalized spacial score (nSPS) is 22.4. The van der Waals surface area contributed by atoms with E-state index in [1.165, 1.54) is 19.3 Å². The Bertz CT molecular complexity index is 465. The smallest absolute Gasteiger partial charge is 0.337 e. The summed E-state index contributed by atoms with van der Waals surface area (Å²) in [6.07, 6.45) is 3.67. The van der Waals surface area contributed by atoms with E-state index in [-0.39, 0.29) is 5.56 Å². The van der Waals surface area contributed by atoms with Crippen LogP contribution in [0.3, 0.4) is 0 Å². The van der Waals surface area contributed by atoms with E-state index in [2.05, 4.69) is 17.2 Å². The number of carbonyl (C=O) groups is 1. The zero-order valence-electron chi connectivity index (χ0n) is 11.3. The Hall–Kier alpha value is -1.23. The van der Waals surface area contributed by atoms with Gasteiger partial charge in [-0.05, 0) is 37.7 Å². The highest BCUT2D eigenvalue weighted by molar-refractivity contribution is 7.99. The minimum absolute atomic E-state index is 0.274. The van der Waals surface area contributed by atoms with Crippen LogP contribution >= 0.6 is 11.8 Å². The first kappa shape index (κ1) is 14.2. The van der Waals surface area contributed by atoms with Crippen molar-refractivity contribution in [2.24, 2.45) is 0 Å². The average Bonchev–Trinajstić information content (AvgIpc) is 2.77. The molecule has 0 saturated heterocycles. The Morgan fingerprint density at radius 2 is 2.32 bits per heavy atom. The molecule has 0 aromatic carbocycles. The van der Waals surface area contributed by atoms with Crippen molar-refractivity contribution in [2.75, 3.05) is 11.1 Å². The maximum absolute atomic E-state index is 11.0. The zero-order valence-corrected chi connectivity index (χ0v) is 12.2. The van der Waals surface area contributed by atoms with E-state index in [0.717, 1.165) is 11.6 Å². The van der Waals surface area contributed by atoms with Gasteiger partial charge in [0.15, 0.2) is 0 Å². The molecule has 1 heterocycles. The monoisotopic (exact) mass is 280 g/mol. The SMILES string of the molecule is CCSC1CCCC1Nc1ccc(C(=O)O)c(C)n1. The third-order valence-electron chi connectivity index (χ3n) is 3.48. The van der Waals surface area contributed by atoms with E-state index in [4.69, 9.17) is 5.11 Å². The Morgan fingerprint density at radius 3 is 2.95 bits per heavy atom. The number of carboxylic acid groups (broad SMARTS) is 1. The summed E-state index contributed by atoms with van der Waals surface area (Å²) in [6, 6.07) is 3.85. The van der Waals surface area contributed by atoms with E-state index in [9.17, 15) is 4.79 Å². The fourth-order valence-electron chi connectivity index (χ4n) is 2.56. The molecule has 2 unspecified atom stereocenters. The lowest BCUT2D eigenvalue weighted by Crippen LogP contribution is -2.26. The highest BCUT2D eigenvalue weighted by Gasteiger charge is 2.27. The minimum atomic E-state index is -0.920. The summed E-state index contributed by atoms with van der Waals surface area (Å²) in [7, 11) is 0. The third-order valence-corrected chi connectivity index (χ3v) is 4.81. The summed E-state index contributed by atoms with van der Waals surface area (Å²) >= 11 is 1.99. The van der Waals surface area contributed by atoms with Gasteiger partial charge in [-0.15, -0.1) is 0 Å². The van der Waals surface area contributed by atoms with Gasteiger partial charge in [-0.2, -0.15) is 11.8 Å². The van der Waals surface area contributed by atoms with Gasteiger partial charge in [0.1, 0.15) is 5.82 Å². The molecule has 0 bridgehead atoms. The Balaban J connectivity index is 2.07. The first-order valence-electron chi connectivity index (χ1n) is 6.71. The van der Waals surface area contributed by atoms with Crippen LogP contribution in [0.1, 0.15) is 42.2 Å². The van der Waals surface area contributed by atoms with Gasteiger partial charge in [0.05, 0.1) is 11.3 Å². The largest absolute Gasteiger partial charge is 0.478 e. The van der Waals surface area contributed by atoms with Crippen molar-refractivity contribution in [1.82, 2.24) is 4.98 Å². The standard InChI is InChI=1S/C14H20N2O2S/c1-3-19-12-6-4-5-11(12)16-13-8-7-10(14(17)18)9(2)15-13/h7-8,11-12H,3-6H2,1-2H3,(H,15,16)(H,17,18). The molecule has 0 radical (unpaired) electrons.